The minimum Gasteiger partial charge on any atom is -0.348 e. The topological polar surface area (TPSA) is 28.7 Å². The SMILES string of the molecule is CC.ClCc1cnc[nH]1. The van der Waals surface area contributed by atoms with Gasteiger partial charge in [0.15, 0.2) is 0 Å². The summed E-state index contributed by atoms with van der Waals surface area (Å²) in [5, 5.41) is 0. The van der Waals surface area contributed by atoms with Gasteiger partial charge in [-0.25, -0.2) is 4.98 Å². The fourth-order valence-corrected chi connectivity index (χ4v) is 0.504. The average molecular weight is 147 g/mol. The van der Waals surface area contributed by atoms with E-state index >= 15 is 0 Å². The monoisotopic (exact) mass is 146 g/mol. The van der Waals surface area contributed by atoms with Crippen molar-refractivity contribution in [1.29, 1.82) is 0 Å². The quantitative estimate of drug-likeness (QED) is 0.605. The lowest BCUT2D eigenvalue weighted by atomic mass is 10.6. The molecule has 0 spiro atoms. The normalized spacial score (nSPS) is 7.89. The molecule has 0 radical (unpaired) electrons. The summed E-state index contributed by atoms with van der Waals surface area (Å²) >= 11 is 5.40. The Hall–Kier alpha value is -0.500. The van der Waals surface area contributed by atoms with E-state index in [0.717, 1.165) is 5.69 Å². The number of hydrogen-bond acceptors (Lipinski definition) is 1. The van der Waals surface area contributed by atoms with Gasteiger partial charge >= 0.3 is 0 Å². The molecule has 0 aliphatic heterocycles. The predicted octanol–water partition coefficient (Wildman–Crippen LogP) is 2.17. The van der Waals surface area contributed by atoms with Crippen LogP contribution < -0.4 is 0 Å². The third-order valence-electron chi connectivity index (χ3n) is 0.699. The van der Waals surface area contributed by atoms with Crippen LogP contribution in [0.4, 0.5) is 0 Å². The van der Waals surface area contributed by atoms with Crippen LogP contribution in [0.5, 0.6) is 0 Å². The van der Waals surface area contributed by atoms with E-state index in [2.05, 4.69) is 9.97 Å². The lowest BCUT2D eigenvalue weighted by Crippen LogP contribution is -1.70. The Morgan fingerprint density at radius 1 is 1.67 bits per heavy atom. The number of hydrogen-bond donors (Lipinski definition) is 1. The van der Waals surface area contributed by atoms with Gasteiger partial charge in [0.2, 0.25) is 0 Å². The van der Waals surface area contributed by atoms with Gasteiger partial charge in [0.1, 0.15) is 0 Å². The smallest absolute Gasteiger partial charge is 0.0922 e. The van der Waals surface area contributed by atoms with Crippen molar-refractivity contribution >= 4 is 11.6 Å². The van der Waals surface area contributed by atoms with Crippen molar-refractivity contribution in [2.24, 2.45) is 0 Å². The van der Waals surface area contributed by atoms with Crippen molar-refractivity contribution in [3.8, 4) is 0 Å². The Morgan fingerprint density at radius 3 is 2.56 bits per heavy atom. The number of imidazole rings is 1. The second-order valence-corrected chi connectivity index (χ2v) is 1.48. The summed E-state index contributed by atoms with van der Waals surface area (Å²) in [6.07, 6.45) is 3.31. The first-order valence-electron chi connectivity index (χ1n) is 2.96. The van der Waals surface area contributed by atoms with Gasteiger partial charge in [-0.3, -0.25) is 0 Å². The number of alkyl halides is 1. The molecule has 1 rings (SSSR count). The first kappa shape index (κ1) is 8.50. The number of nitrogens with zero attached hydrogens (tertiary/aromatic N) is 1. The van der Waals surface area contributed by atoms with Crippen molar-refractivity contribution < 1.29 is 0 Å². The zero-order valence-electron chi connectivity index (χ0n) is 5.69. The molecule has 0 atom stereocenters. The molecule has 1 aromatic rings. The van der Waals surface area contributed by atoms with Gasteiger partial charge in [-0.05, 0) is 0 Å². The predicted molar refractivity (Wildman–Crippen MR) is 39.5 cm³/mol. The number of nitrogens with one attached hydrogen (secondary N) is 1. The minimum absolute atomic E-state index is 0.514. The molecule has 0 aliphatic carbocycles. The highest BCUT2D eigenvalue weighted by molar-refractivity contribution is 6.16. The zero-order valence-corrected chi connectivity index (χ0v) is 6.44. The molecule has 0 aromatic carbocycles. The lowest BCUT2D eigenvalue weighted by molar-refractivity contribution is 1.22. The lowest BCUT2D eigenvalue weighted by Gasteiger charge is -1.77. The summed E-state index contributed by atoms with van der Waals surface area (Å²) in [4.78, 5) is 6.60. The second kappa shape index (κ2) is 5.63. The first-order valence-corrected chi connectivity index (χ1v) is 3.50. The second-order valence-electron chi connectivity index (χ2n) is 1.21. The van der Waals surface area contributed by atoms with Crippen molar-refractivity contribution in [3.63, 3.8) is 0 Å². The van der Waals surface area contributed by atoms with Crippen LogP contribution in [-0.4, -0.2) is 9.97 Å². The summed E-state index contributed by atoms with van der Waals surface area (Å²) in [7, 11) is 0. The highest BCUT2D eigenvalue weighted by atomic mass is 35.5. The highest BCUT2D eigenvalue weighted by Gasteiger charge is 1.84. The van der Waals surface area contributed by atoms with Crippen molar-refractivity contribution in [2.45, 2.75) is 19.7 Å². The van der Waals surface area contributed by atoms with Crippen molar-refractivity contribution in [2.75, 3.05) is 0 Å². The van der Waals surface area contributed by atoms with Crippen molar-refractivity contribution in [1.82, 2.24) is 9.97 Å². The van der Waals surface area contributed by atoms with E-state index in [9.17, 15) is 0 Å². The molecular weight excluding hydrogens is 136 g/mol. The van der Waals surface area contributed by atoms with Gasteiger partial charge in [-0.1, -0.05) is 13.8 Å². The maximum absolute atomic E-state index is 5.40. The molecule has 3 heteroatoms. The molecule has 0 unspecified atom stereocenters. The molecule has 9 heavy (non-hydrogen) atoms. The Bertz CT molecular complexity index is 126. The van der Waals surface area contributed by atoms with E-state index in [1.807, 2.05) is 13.8 Å². The first-order chi connectivity index (χ1) is 4.43. The summed E-state index contributed by atoms with van der Waals surface area (Å²) in [6, 6.07) is 0. The van der Waals surface area contributed by atoms with Crippen LogP contribution in [0, 0.1) is 0 Å². The van der Waals surface area contributed by atoms with Crippen LogP contribution in [-0.2, 0) is 5.88 Å². The van der Waals surface area contributed by atoms with Crippen LogP contribution in [0.25, 0.3) is 0 Å². The summed E-state index contributed by atoms with van der Waals surface area (Å²) in [5.41, 5.74) is 0.960. The molecule has 1 aromatic heterocycles. The minimum atomic E-state index is 0.514. The van der Waals surface area contributed by atoms with E-state index in [4.69, 9.17) is 11.6 Å². The standard InChI is InChI=1S/C4H5ClN2.C2H6/c5-1-4-2-6-3-7-4;1-2/h2-3H,1H2,(H,6,7);1-2H3. The summed E-state index contributed by atoms with van der Waals surface area (Å²) in [5.74, 6) is 0.514. The Balaban J connectivity index is 0.000000291. The Kier molecular flexibility index (Phi) is 5.32. The van der Waals surface area contributed by atoms with Crippen LogP contribution in [0.15, 0.2) is 12.5 Å². The van der Waals surface area contributed by atoms with Gasteiger partial charge in [0, 0.05) is 11.9 Å². The van der Waals surface area contributed by atoms with E-state index in [1.54, 1.807) is 12.5 Å². The summed E-state index contributed by atoms with van der Waals surface area (Å²) < 4.78 is 0. The summed E-state index contributed by atoms with van der Waals surface area (Å²) in [6.45, 7) is 4.00. The molecule has 0 saturated heterocycles. The molecule has 2 nitrogen and oxygen atoms in total. The van der Waals surface area contributed by atoms with Gasteiger partial charge in [0.25, 0.3) is 0 Å². The number of H-pyrrole nitrogens is 1. The average Bonchev–Trinajstić information content (AvgIpc) is 2.43. The number of aromatic amines is 1. The van der Waals surface area contributed by atoms with Gasteiger partial charge < -0.3 is 4.98 Å². The maximum atomic E-state index is 5.40. The van der Waals surface area contributed by atoms with E-state index < -0.39 is 0 Å². The van der Waals surface area contributed by atoms with Gasteiger partial charge in [-0.2, -0.15) is 0 Å². The van der Waals surface area contributed by atoms with Crippen LogP contribution in [0.3, 0.4) is 0 Å². The molecule has 0 aliphatic rings. The maximum Gasteiger partial charge on any atom is 0.0922 e. The van der Waals surface area contributed by atoms with E-state index in [-0.39, 0.29) is 0 Å². The molecule has 1 N–H and O–H groups in total. The zero-order chi connectivity index (χ0) is 7.11. The molecule has 1 heterocycles. The van der Waals surface area contributed by atoms with Gasteiger partial charge in [-0.15, -0.1) is 11.6 Å². The van der Waals surface area contributed by atoms with Crippen molar-refractivity contribution in [3.05, 3.63) is 18.2 Å². The number of halogens is 1. The molecular formula is C6H11ClN2. The fourth-order valence-electron chi connectivity index (χ4n) is 0.358. The fraction of sp³-hybridized carbons (Fsp3) is 0.500. The Labute approximate surface area is 60.3 Å². The van der Waals surface area contributed by atoms with Crippen LogP contribution >= 0.6 is 11.6 Å². The number of aromatic nitrogens is 2. The Morgan fingerprint density at radius 2 is 2.33 bits per heavy atom. The van der Waals surface area contributed by atoms with Crippen LogP contribution in [0.2, 0.25) is 0 Å². The van der Waals surface area contributed by atoms with Crippen LogP contribution in [0.1, 0.15) is 19.5 Å². The third kappa shape index (κ3) is 3.14. The molecule has 0 bridgehead atoms. The van der Waals surface area contributed by atoms with Gasteiger partial charge in [0.05, 0.1) is 12.2 Å². The molecule has 0 saturated carbocycles. The molecule has 0 amide bonds. The largest absolute Gasteiger partial charge is 0.348 e. The molecule has 52 valence electrons. The van der Waals surface area contributed by atoms with E-state index in [0.29, 0.717) is 5.88 Å². The number of rotatable bonds is 1. The highest BCUT2D eigenvalue weighted by Crippen LogP contribution is 1.93. The molecule has 0 fully saturated rings. The third-order valence-corrected chi connectivity index (χ3v) is 0.987. The van der Waals surface area contributed by atoms with E-state index in [1.165, 1.54) is 0 Å².